The van der Waals surface area contributed by atoms with Gasteiger partial charge in [-0.2, -0.15) is 0 Å². The molecule has 1 fully saturated rings. The highest BCUT2D eigenvalue weighted by molar-refractivity contribution is 7.19. The second-order valence-corrected chi connectivity index (χ2v) is 9.33. The number of carbonyl (C=O) groups is 1. The van der Waals surface area contributed by atoms with E-state index in [1.807, 2.05) is 25.3 Å². The molecule has 1 amide bonds. The molecule has 2 aromatic rings. The molecule has 1 atom stereocenters. The van der Waals surface area contributed by atoms with Crippen molar-refractivity contribution in [3.63, 3.8) is 0 Å². The predicted molar refractivity (Wildman–Crippen MR) is 121 cm³/mol. The smallest absolute Gasteiger partial charge is 0.229 e. The molecular weight excluding hydrogens is 418 g/mol. The Morgan fingerprint density at radius 3 is 2.80 bits per heavy atom. The maximum absolute atomic E-state index is 12.5. The third-order valence-corrected chi connectivity index (χ3v) is 6.32. The Balaban J connectivity index is 1.31. The second kappa shape index (κ2) is 9.58. The highest BCUT2D eigenvalue weighted by Crippen LogP contribution is 2.31. The number of nitrogens with zero attached hydrogens (tertiary/aromatic N) is 2. The fourth-order valence-electron chi connectivity index (χ4n) is 3.68. The van der Waals surface area contributed by atoms with E-state index in [1.165, 1.54) is 16.9 Å². The van der Waals surface area contributed by atoms with Crippen LogP contribution < -0.4 is 10.1 Å². The minimum atomic E-state index is -0.00991. The first kappa shape index (κ1) is 20.8. The molecule has 2 aliphatic carbocycles. The summed E-state index contributed by atoms with van der Waals surface area (Å²) in [5.74, 6) is 0.706. The summed E-state index contributed by atoms with van der Waals surface area (Å²) in [6.45, 7) is 2.01. The summed E-state index contributed by atoms with van der Waals surface area (Å²) in [4.78, 5) is 20.9. The third-order valence-electron chi connectivity index (χ3n) is 5.29. The van der Waals surface area contributed by atoms with Crippen molar-refractivity contribution in [3.05, 3.63) is 69.9 Å². The fraction of sp³-hybridized carbons (Fsp3) is 0.348. The van der Waals surface area contributed by atoms with E-state index >= 15 is 0 Å². The molecule has 0 spiro atoms. The summed E-state index contributed by atoms with van der Waals surface area (Å²) >= 11 is 7.16. The van der Waals surface area contributed by atoms with Gasteiger partial charge in [0.05, 0.1) is 6.20 Å². The number of rotatable bonds is 5. The van der Waals surface area contributed by atoms with Crippen molar-refractivity contribution in [3.8, 4) is 5.88 Å². The average molecular weight is 442 g/mol. The number of hydrogen-bond acceptors (Lipinski definition) is 5. The van der Waals surface area contributed by atoms with Crippen LogP contribution in [-0.2, 0) is 4.79 Å². The zero-order valence-electron chi connectivity index (χ0n) is 16.8. The van der Waals surface area contributed by atoms with E-state index in [-0.39, 0.29) is 17.9 Å². The number of amides is 1. The van der Waals surface area contributed by atoms with Crippen molar-refractivity contribution < 1.29 is 9.53 Å². The van der Waals surface area contributed by atoms with Crippen LogP contribution in [0.2, 0.25) is 4.34 Å². The van der Waals surface area contributed by atoms with E-state index in [1.54, 1.807) is 6.20 Å². The number of halogens is 1. The first-order valence-corrected chi connectivity index (χ1v) is 11.3. The number of aromatic nitrogens is 2. The normalized spacial score (nSPS) is 21.1. The van der Waals surface area contributed by atoms with Crippen molar-refractivity contribution in [1.29, 1.82) is 0 Å². The topological polar surface area (TPSA) is 64.1 Å². The molecule has 2 aromatic heterocycles. The molecule has 4 rings (SSSR count). The van der Waals surface area contributed by atoms with Crippen molar-refractivity contribution in [2.45, 2.75) is 45.1 Å². The number of nitrogens with one attached hydrogen (secondary N) is 1. The van der Waals surface area contributed by atoms with Gasteiger partial charge in [-0.05, 0) is 49.8 Å². The molecule has 30 heavy (non-hydrogen) atoms. The molecule has 2 aliphatic rings. The van der Waals surface area contributed by atoms with Crippen LogP contribution in [0.25, 0.3) is 0 Å². The van der Waals surface area contributed by atoms with Gasteiger partial charge in [-0.3, -0.25) is 4.79 Å². The van der Waals surface area contributed by atoms with Gasteiger partial charge >= 0.3 is 0 Å². The van der Waals surface area contributed by atoms with Crippen molar-refractivity contribution in [2.24, 2.45) is 5.92 Å². The van der Waals surface area contributed by atoms with Gasteiger partial charge in [-0.1, -0.05) is 52.8 Å². The Bertz CT molecular complexity index is 984. The van der Waals surface area contributed by atoms with Crippen LogP contribution in [0.4, 0.5) is 5.13 Å². The van der Waals surface area contributed by atoms with E-state index < -0.39 is 0 Å². The van der Waals surface area contributed by atoms with Gasteiger partial charge in [0.15, 0.2) is 5.13 Å². The maximum atomic E-state index is 12.5. The van der Waals surface area contributed by atoms with Crippen molar-refractivity contribution in [2.75, 3.05) is 5.32 Å². The highest BCUT2D eigenvalue weighted by Gasteiger charge is 2.24. The number of anilines is 1. The lowest BCUT2D eigenvalue weighted by molar-refractivity contribution is -0.120. The number of pyridine rings is 1. The van der Waals surface area contributed by atoms with Crippen LogP contribution in [0.3, 0.4) is 0 Å². The van der Waals surface area contributed by atoms with Gasteiger partial charge in [0.2, 0.25) is 11.8 Å². The molecule has 0 aliphatic heterocycles. The Morgan fingerprint density at radius 1 is 1.27 bits per heavy atom. The molecule has 1 saturated carbocycles. The summed E-state index contributed by atoms with van der Waals surface area (Å²) in [6, 6.07) is 3.91. The first-order valence-electron chi connectivity index (χ1n) is 10.1. The van der Waals surface area contributed by atoms with E-state index in [9.17, 15) is 4.79 Å². The molecule has 1 N–H and O–H groups in total. The molecule has 0 bridgehead atoms. The summed E-state index contributed by atoms with van der Waals surface area (Å²) in [7, 11) is 0. The van der Waals surface area contributed by atoms with Crippen LogP contribution in [0.5, 0.6) is 5.88 Å². The van der Waals surface area contributed by atoms with Gasteiger partial charge in [0, 0.05) is 24.6 Å². The number of carbonyl (C=O) groups excluding carboxylic acids is 1. The summed E-state index contributed by atoms with van der Waals surface area (Å²) in [5, 5.41) is 3.45. The SMILES string of the molecule is Cc1ccc(OC2C=C(C=C3CCC(C(=O)Nc4ncc(Cl)s4)CC3)C=CC2)nc1. The molecule has 156 valence electrons. The predicted octanol–water partition coefficient (Wildman–Crippen LogP) is 5.89. The Morgan fingerprint density at radius 2 is 2.10 bits per heavy atom. The Kier molecular flexibility index (Phi) is 6.65. The minimum absolute atomic E-state index is 0.00991. The van der Waals surface area contributed by atoms with Gasteiger partial charge in [0.25, 0.3) is 0 Å². The summed E-state index contributed by atoms with van der Waals surface area (Å²) in [6.07, 6.45) is 16.4. The second-order valence-electron chi connectivity index (χ2n) is 7.67. The number of hydrogen-bond donors (Lipinski definition) is 1. The van der Waals surface area contributed by atoms with Crippen LogP contribution in [-0.4, -0.2) is 22.0 Å². The lowest BCUT2D eigenvalue weighted by atomic mass is 9.84. The molecule has 1 unspecified atom stereocenters. The van der Waals surface area contributed by atoms with Crippen LogP contribution >= 0.6 is 22.9 Å². The lowest BCUT2D eigenvalue weighted by Crippen LogP contribution is -2.25. The Hall–Kier alpha value is -2.44. The zero-order valence-corrected chi connectivity index (χ0v) is 18.4. The van der Waals surface area contributed by atoms with Gasteiger partial charge in [-0.25, -0.2) is 9.97 Å². The van der Waals surface area contributed by atoms with E-state index in [2.05, 4.69) is 39.6 Å². The van der Waals surface area contributed by atoms with E-state index in [0.717, 1.165) is 43.2 Å². The van der Waals surface area contributed by atoms with Gasteiger partial charge in [-0.15, -0.1) is 0 Å². The molecule has 0 radical (unpaired) electrons. The van der Waals surface area contributed by atoms with Gasteiger partial charge in [0.1, 0.15) is 10.4 Å². The number of ether oxygens (including phenoxy) is 1. The Labute approximate surface area is 185 Å². The standard InChI is InChI=1S/C23H24ClN3O2S/c1-15-5-10-21(25-13-15)29-19-4-2-3-17(12-19)11-16-6-8-18(9-7-16)22(28)27-23-26-14-20(24)30-23/h2-3,5,10-14,18-19H,4,6-9H2,1H3,(H,26,27,28). The van der Waals surface area contributed by atoms with Crippen LogP contribution in [0.1, 0.15) is 37.7 Å². The van der Waals surface area contributed by atoms with Crippen molar-refractivity contribution in [1.82, 2.24) is 9.97 Å². The van der Waals surface area contributed by atoms with Gasteiger partial charge < -0.3 is 10.1 Å². The largest absolute Gasteiger partial charge is 0.470 e. The monoisotopic (exact) mass is 441 g/mol. The average Bonchev–Trinajstić information content (AvgIpc) is 3.15. The zero-order chi connectivity index (χ0) is 20.9. The van der Waals surface area contributed by atoms with E-state index in [0.29, 0.717) is 15.3 Å². The molecule has 7 heteroatoms. The van der Waals surface area contributed by atoms with E-state index in [4.69, 9.17) is 16.3 Å². The molecule has 5 nitrogen and oxygen atoms in total. The molecule has 0 aromatic carbocycles. The first-order chi connectivity index (χ1) is 14.5. The molecule has 2 heterocycles. The third kappa shape index (κ3) is 5.58. The quantitative estimate of drug-likeness (QED) is 0.628. The lowest BCUT2D eigenvalue weighted by Gasteiger charge is -2.23. The number of allylic oxidation sites excluding steroid dienone is 4. The number of aryl methyl sites for hydroxylation is 1. The molecule has 0 saturated heterocycles. The van der Waals surface area contributed by atoms with Crippen LogP contribution in [0, 0.1) is 12.8 Å². The maximum Gasteiger partial charge on any atom is 0.229 e. The minimum Gasteiger partial charge on any atom is -0.470 e. The summed E-state index contributed by atoms with van der Waals surface area (Å²) < 4.78 is 6.58. The number of thiazole rings is 1. The van der Waals surface area contributed by atoms with Crippen molar-refractivity contribution >= 4 is 34.0 Å². The fourth-order valence-corrected chi connectivity index (χ4v) is 4.50. The molecular formula is C23H24ClN3O2S. The van der Waals surface area contributed by atoms with Crippen LogP contribution in [0.15, 0.2) is 60.0 Å². The highest BCUT2D eigenvalue weighted by atomic mass is 35.5. The summed E-state index contributed by atoms with van der Waals surface area (Å²) in [5.41, 5.74) is 3.65.